The quantitative estimate of drug-likeness (QED) is 0.673. The van der Waals surface area contributed by atoms with Crippen molar-refractivity contribution in [3.63, 3.8) is 0 Å². The van der Waals surface area contributed by atoms with Crippen LogP contribution < -0.4 is 0 Å². The highest BCUT2D eigenvalue weighted by Gasteiger charge is 2.41. The molecule has 1 N–H and O–H groups in total. The SMILES string of the molecule is CCCC(=O)OCC1(CO)CCC(=O)O1. The number of aliphatic hydroxyl groups is 1. The third kappa shape index (κ3) is 3.20. The molecule has 0 aliphatic carbocycles. The monoisotopic (exact) mass is 216 g/mol. The first-order chi connectivity index (χ1) is 7.12. The zero-order valence-corrected chi connectivity index (χ0v) is 8.82. The Bertz CT molecular complexity index is 250. The molecule has 5 heteroatoms. The zero-order valence-electron chi connectivity index (χ0n) is 8.82. The molecule has 15 heavy (non-hydrogen) atoms. The number of carbonyl (C=O) groups is 2. The average Bonchev–Trinajstić information content (AvgIpc) is 2.59. The van der Waals surface area contributed by atoms with Crippen LogP contribution in [0, 0.1) is 0 Å². The standard InChI is InChI=1S/C10H16O5/c1-2-3-8(12)14-7-10(6-11)5-4-9(13)15-10/h11H,2-7H2,1H3. The fourth-order valence-corrected chi connectivity index (χ4v) is 1.42. The fourth-order valence-electron chi connectivity index (χ4n) is 1.42. The summed E-state index contributed by atoms with van der Waals surface area (Å²) in [6.07, 6.45) is 1.73. The lowest BCUT2D eigenvalue weighted by Crippen LogP contribution is -2.39. The van der Waals surface area contributed by atoms with E-state index < -0.39 is 5.60 Å². The number of hydrogen-bond acceptors (Lipinski definition) is 5. The summed E-state index contributed by atoms with van der Waals surface area (Å²) < 4.78 is 9.89. The maximum atomic E-state index is 11.1. The smallest absolute Gasteiger partial charge is 0.306 e. The van der Waals surface area contributed by atoms with Crippen LogP contribution in [0.5, 0.6) is 0 Å². The van der Waals surface area contributed by atoms with Gasteiger partial charge < -0.3 is 14.6 Å². The predicted molar refractivity (Wildman–Crippen MR) is 51.0 cm³/mol. The molecule has 1 aliphatic heterocycles. The molecule has 0 saturated carbocycles. The van der Waals surface area contributed by atoms with Gasteiger partial charge in [-0.3, -0.25) is 9.59 Å². The summed E-state index contributed by atoms with van der Waals surface area (Å²) in [5.41, 5.74) is -1.000. The lowest BCUT2D eigenvalue weighted by atomic mass is 10.0. The lowest BCUT2D eigenvalue weighted by molar-refractivity contribution is -0.166. The van der Waals surface area contributed by atoms with Crippen LogP contribution in [-0.4, -0.2) is 35.9 Å². The molecule has 0 aromatic carbocycles. The van der Waals surface area contributed by atoms with Crippen LogP contribution in [0.15, 0.2) is 0 Å². The first-order valence-corrected chi connectivity index (χ1v) is 5.10. The molecular weight excluding hydrogens is 200 g/mol. The molecule has 1 rings (SSSR count). The van der Waals surface area contributed by atoms with Crippen molar-refractivity contribution in [2.45, 2.75) is 38.2 Å². The van der Waals surface area contributed by atoms with Crippen molar-refractivity contribution in [1.29, 1.82) is 0 Å². The first kappa shape index (κ1) is 12.0. The first-order valence-electron chi connectivity index (χ1n) is 5.10. The number of hydrogen-bond donors (Lipinski definition) is 1. The second kappa shape index (κ2) is 5.11. The van der Waals surface area contributed by atoms with Gasteiger partial charge in [-0.25, -0.2) is 0 Å². The normalized spacial score (nSPS) is 25.1. The molecule has 0 bridgehead atoms. The summed E-state index contributed by atoms with van der Waals surface area (Å²) >= 11 is 0. The van der Waals surface area contributed by atoms with E-state index in [1.165, 1.54) is 0 Å². The Kier molecular flexibility index (Phi) is 4.08. The van der Waals surface area contributed by atoms with Crippen molar-refractivity contribution < 1.29 is 24.2 Å². The highest BCUT2D eigenvalue weighted by molar-refractivity contribution is 5.72. The molecule has 1 saturated heterocycles. The lowest BCUT2D eigenvalue weighted by Gasteiger charge is -2.24. The minimum atomic E-state index is -1.000. The van der Waals surface area contributed by atoms with Gasteiger partial charge in [0.25, 0.3) is 0 Å². The number of cyclic esters (lactones) is 1. The molecule has 1 unspecified atom stereocenters. The maximum absolute atomic E-state index is 11.1. The predicted octanol–water partition coefficient (Wildman–Crippen LogP) is 0.398. The Morgan fingerprint density at radius 1 is 1.67 bits per heavy atom. The van der Waals surface area contributed by atoms with Crippen LogP contribution in [0.4, 0.5) is 0 Å². The van der Waals surface area contributed by atoms with Crippen molar-refractivity contribution in [2.24, 2.45) is 0 Å². The van der Waals surface area contributed by atoms with E-state index in [4.69, 9.17) is 14.6 Å². The van der Waals surface area contributed by atoms with Crippen molar-refractivity contribution in [2.75, 3.05) is 13.2 Å². The van der Waals surface area contributed by atoms with Crippen LogP contribution in [0.2, 0.25) is 0 Å². The summed E-state index contributed by atoms with van der Waals surface area (Å²) in [7, 11) is 0. The van der Waals surface area contributed by atoms with E-state index in [1.807, 2.05) is 6.92 Å². The molecule has 0 spiro atoms. The molecule has 1 aliphatic rings. The summed E-state index contributed by atoms with van der Waals surface area (Å²) in [4.78, 5) is 22.0. The van der Waals surface area contributed by atoms with Crippen LogP contribution in [-0.2, 0) is 19.1 Å². The number of aliphatic hydroxyl groups excluding tert-OH is 1. The van der Waals surface area contributed by atoms with E-state index >= 15 is 0 Å². The van der Waals surface area contributed by atoms with Gasteiger partial charge >= 0.3 is 11.9 Å². The number of carbonyl (C=O) groups excluding carboxylic acids is 2. The molecular formula is C10H16O5. The van der Waals surface area contributed by atoms with Crippen LogP contribution in [0.1, 0.15) is 32.6 Å². The third-order valence-electron chi connectivity index (χ3n) is 2.35. The van der Waals surface area contributed by atoms with Crippen molar-refractivity contribution >= 4 is 11.9 Å². The molecule has 0 aromatic heterocycles. The summed E-state index contributed by atoms with van der Waals surface area (Å²) in [5, 5.41) is 9.11. The van der Waals surface area contributed by atoms with Gasteiger partial charge in [0, 0.05) is 19.3 Å². The fraction of sp³-hybridized carbons (Fsp3) is 0.800. The minimum absolute atomic E-state index is 0.0475. The van der Waals surface area contributed by atoms with Crippen LogP contribution in [0.3, 0.4) is 0 Å². The number of rotatable bonds is 5. The van der Waals surface area contributed by atoms with Gasteiger partial charge in [-0.15, -0.1) is 0 Å². The van der Waals surface area contributed by atoms with Gasteiger partial charge in [0.1, 0.15) is 6.61 Å². The van der Waals surface area contributed by atoms with E-state index in [1.54, 1.807) is 0 Å². The van der Waals surface area contributed by atoms with Crippen LogP contribution >= 0.6 is 0 Å². The van der Waals surface area contributed by atoms with E-state index in [-0.39, 0.29) is 31.6 Å². The van der Waals surface area contributed by atoms with Gasteiger partial charge in [-0.2, -0.15) is 0 Å². The highest BCUT2D eigenvalue weighted by Crippen LogP contribution is 2.26. The summed E-state index contributed by atoms with van der Waals surface area (Å²) in [6.45, 7) is 1.52. The molecule has 1 heterocycles. The van der Waals surface area contributed by atoms with Crippen LogP contribution in [0.25, 0.3) is 0 Å². The van der Waals surface area contributed by atoms with Crippen molar-refractivity contribution in [1.82, 2.24) is 0 Å². The van der Waals surface area contributed by atoms with Gasteiger partial charge in [0.05, 0.1) is 6.61 Å². The van der Waals surface area contributed by atoms with Crippen molar-refractivity contribution in [3.05, 3.63) is 0 Å². The third-order valence-corrected chi connectivity index (χ3v) is 2.35. The second-order valence-corrected chi connectivity index (χ2v) is 3.73. The topological polar surface area (TPSA) is 72.8 Å². The second-order valence-electron chi connectivity index (χ2n) is 3.73. The molecule has 86 valence electrons. The van der Waals surface area contributed by atoms with Gasteiger partial charge in [0.15, 0.2) is 5.60 Å². The number of ether oxygens (including phenoxy) is 2. The van der Waals surface area contributed by atoms with Gasteiger partial charge in [-0.1, -0.05) is 6.92 Å². The molecule has 0 radical (unpaired) electrons. The van der Waals surface area contributed by atoms with Crippen molar-refractivity contribution in [3.8, 4) is 0 Å². The van der Waals surface area contributed by atoms with Gasteiger partial charge in [0.2, 0.25) is 0 Å². The highest BCUT2D eigenvalue weighted by atomic mass is 16.6. The molecule has 5 nitrogen and oxygen atoms in total. The summed E-state index contributed by atoms with van der Waals surface area (Å²) in [5.74, 6) is -0.677. The minimum Gasteiger partial charge on any atom is -0.461 e. The van der Waals surface area contributed by atoms with E-state index in [9.17, 15) is 9.59 Å². The van der Waals surface area contributed by atoms with Gasteiger partial charge in [-0.05, 0) is 6.42 Å². The largest absolute Gasteiger partial charge is 0.461 e. The molecule has 1 fully saturated rings. The summed E-state index contributed by atoms with van der Waals surface area (Å²) in [6, 6.07) is 0. The average molecular weight is 216 g/mol. The molecule has 0 amide bonds. The van der Waals surface area contributed by atoms with E-state index in [0.717, 1.165) is 0 Å². The molecule has 0 aromatic rings. The van der Waals surface area contributed by atoms with E-state index in [2.05, 4.69) is 0 Å². The zero-order chi connectivity index (χ0) is 11.3. The Labute approximate surface area is 88.4 Å². The van der Waals surface area contributed by atoms with E-state index in [0.29, 0.717) is 19.3 Å². The Morgan fingerprint density at radius 3 is 2.87 bits per heavy atom. The Morgan fingerprint density at radius 2 is 2.40 bits per heavy atom. The maximum Gasteiger partial charge on any atom is 0.306 e. The molecule has 1 atom stereocenters. The Hall–Kier alpha value is -1.10. The Balaban J connectivity index is 2.40. The number of esters is 2.